The molecule has 1 aliphatic heterocycles. The number of alkyl halides is 3. The van der Waals surface area contributed by atoms with Crippen LogP contribution in [0, 0.1) is 0 Å². The summed E-state index contributed by atoms with van der Waals surface area (Å²) in [6.45, 7) is 3.78. The number of carbonyl (C=O) groups excluding carboxylic acids is 2. The van der Waals surface area contributed by atoms with Crippen LogP contribution in [0.2, 0.25) is 0 Å². The Hall–Kier alpha value is -2.09. The minimum Gasteiger partial charge on any atom is -0.342 e. The molecule has 0 aliphatic carbocycles. The summed E-state index contributed by atoms with van der Waals surface area (Å²) >= 11 is 0. The van der Waals surface area contributed by atoms with E-state index in [0.717, 1.165) is 12.5 Å². The molecule has 1 saturated heterocycles. The lowest BCUT2D eigenvalue weighted by molar-refractivity contribution is -0.137. The van der Waals surface area contributed by atoms with Crippen LogP contribution in [0.25, 0.3) is 0 Å². The lowest BCUT2D eigenvalue weighted by Crippen LogP contribution is -2.37. The van der Waals surface area contributed by atoms with Gasteiger partial charge in [-0.25, -0.2) is 0 Å². The van der Waals surface area contributed by atoms with Crippen LogP contribution >= 0.6 is 0 Å². The number of nitrogens with zero attached hydrogens (tertiary/aromatic N) is 2. The summed E-state index contributed by atoms with van der Waals surface area (Å²) in [6.07, 6.45) is -3.79. The Morgan fingerprint density at radius 3 is 2.50 bits per heavy atom. The highest BCUT2D eigenvalue weighted by Gasteiger charge is 2.33. The lowest BCUT2D eigenvalue weighted by atomic mass is 10.1. The summed E-state index contributed by atoms with van der Waals surface area (Å²) in [5.74, 6) is -0.511. The lowest BCUT2D eigenvalue weighted by Gasteiger charge is -2.21. The molecule has 0 atom stereocenters. The van der Waals surface area contributed by atoms with Gasteiger partial charge < -0.3 is 10.2 Å². The average Bonchev–Trinajstić information content (AvgIpc) is 2.72. The molecule has 2 amide bonds. The molecule has 0 radical (unpaired) electrons. The molecule has 1 aromatic carbocycles. The van der Waals surface area contributed by atoms with Crippen molar-refractivity contribution in [3.8, 4) is 0 Å². The van der Waals surface area contributed by atoms with E-state index in [9.17, 15) is 22.8 Å². The van der Waals surface area contributed by atoms with Gasteiger partial charge in [0, 0.05) is 33.1 Å². The van der Waals surface area contributed by atoms with Crippen LogP contribution in [0.1, 0.15) is 18.9 Å². The van der Waals surface area contributed by atoms with Crippen molar-refractivity contribution in [2.24, 2.45) is 0 Å². The number of benzene rings is 1. The minimum atomic E-state index is -4.52. The van der Waals surface area contributed by atoms with Crippen LogP contribution in [0.3, 0.4) is 0 Å². The zero-order chi connectivity index (χ0) is 17.7. The van der Waals surface area contributed by atoms with Crippen molar-refractivity contribution in [2.45, 2.75) is 19.5 Å². The Kier molecular flexibility index (Phi) is 5.82. The maximum absolute atomic E-state index is 12.9. The highest BCUT2D eigenvalue weighted by Crippen LogP contribution is 2.34. The van der Waals surface area contributed by atoms with E-state index in [1.54, 1.807) is 4.90 Å². The van der Waals surface area contributed by atoms with Gasteiger partial charge >= 0.3 is 6.18 Å². The fourth-order valence-electron chi connectivity index (χ4n) is 2.68. The van der Waals surface area contributed by atoms with Crippen LogP contribution in [0.5, 0.6) is 0 Å². The molecule has 1 N–H and O–H groups in total. The van der Waals surface area contributed by atoms with E-state index in [4.69, 9.17) is 0 Å². The van der Waals surface area contributed by atoms with E-state index in [-0.39, 0.29) is 18.1 Å². The Morgan fingerprint density at radius 2 is 1.83 bits per heavy atom. The number of anilines is 1. The second kappa shape index (κ2) is 7.65. The average molecular weight is 343 g/mol. The smallest absolute Gasteiger partial charge is 0.342 e. The van der Waals surface area contributed by atoms with E-state index in [1.807, 2.05) is 4.90 Å². The number of para-hydroxylation sites is 1. The van der Waals surface area contributed by atoms with E-state index in [0.29, 0.717) is 26.2 Å². The first-order chi connectivity index (χ1) is 11.3. The number of hydrogen-bond acceptors (Lipinski definition) is 3. The fraction of sp³-hybridized carbons (Fsp3) is 0.500. The first-order valence-corrected chi connectivity index (χ1v) is 7.71. The molecule has 0 aromatic heterocycles. The van der Waals surface area contributed by atoms with E-state index in [2.05, 4.69) is 5.32 Å². The van der Waals surface area contributed by atoms with Gasteiger partial charge in [-0.1, -0.05) is 12.1 Å². The topological polar surface area (TPSA) is 52.7 Å². The molecule has 5 nitrogen and oxygen atoms in total. The van der Waals surface area contributed by atoms with Crippen molar-refractivity contribution in [1.82, 2.24) is 9.80 Å². The van der Waals surface area contributed by atoms with E-state index < -0.39 is 17.6 Å². The Balaban J connectivity index is 1.96. The summed E-state index contributed by atoms with van der Waals surface area (Å²) in [5, 5.41) is 2.34. The van der Waals surface area contributed by atoms with E-state index >= 15 is 0 Å². The van der Waals surface area contributed by atoms with Gasteiger partial charge in [0.1, 0.15) is 0 Å². The van der Waals surface area contributed by atoms with Crippen LogP contribution in [0.15, 0.2) is 24.3 Å². The van der Waals surface area contributed by atoms with Crippen molar-refractivity contribution in [1.29, 1.82) is 0 Å². The molecule has 0 spiro atoms. The van der Waals surface area contributed by atoms with Gasteiger partial charge in [-0.3, -0.25) is 14.5 Å². The number of halogens is 3. The highest BCUT2D eigenvalue weighted by molar-refractivity contribution is 5.93. The zero-order valence-corrected chi connectivity index (χ0v) is 13.4. The Bertz CT molecular complexity index is 604. The van der Waals surface area contributed by atoms with Gasteiger partial charge in [-0.15, -0.1) is 0 Å². The molecule has 1 fully saturated rings. The normalized spacial score (nSPS) is 16.6. The molecule has 8 heteroatoms. The predicted molar refractivity (Wildman–Crippen MR) is 83.4 cm³/mol. The SMILES string of the molecule is CC(=O)N1CCCN(CC(=O)Nc2ccccc2C(F)(F)F)CC1. The second-order valence-electron chi connectivity index (χ2n) is 5.73. The van der Waals surface area contributed by atoms with Crippen molar-refractivity contribution in [3.63, 3.8) is 0 Å². The fourth-order valence-corrected chi connectivity index (χ4v) is 2.68. The van der Waals surface area contributed by atoms with Crippen LogP contribution in [-0.4, -0.2) is 54.3 Å². The number of nitrogens with one attached hydrogen (secondary N) is 1. The molecule has 0 unspecified atom stereocenters. The van der Waals surface area contributed by atoms with Gasteiger partial charge in [0.15, 0.2) is 0 Å². The summed E-state index contributed by atoms with van der Waals surface area (Å²) in [6, 6.07) is 4.90. The van der Waals surface area contributed by atoms with Gasteiger partial charge in [0.25, 0.3) is 0 Å². The molecular weight excluding hydrogens is 323 g/mol. The third-order valence-corrected chi connectivity index (χ3v) is 3.91. The Morgan fingerprint density at radius 1 is 1.12 bits per heavy atom. The molecule has 1 aliphatic rings. The maximum atomic E-state index is 12.9. The second-order valence-corrected chi connectivity index (χ2v) is 5.73. The van der Waals surface area contributed by atoms with Crippen molar-refractivity contribution in [2.75, 3.05) is 38.0 Å². The maximum Gasteiger partial charge on any atom is 0.418 e. The van der Waals surface area contributed by atoms with Crippen molar-refractivity contribution < 1.29 is 22.8 Å². The largest absolute Gasteiger partial charge is 0.418 e. The standard InChI is InChI=1S/C16H20F3N3O2/c1-12(23)22-8-4-7-21(9-10-22)11-15(24)20-14-6-3-2-5-13(14)16(17,18)19/h2-3,5-6H,4,7-11H2,1H3,(H,20,24). The minimum absolute atomic E-state index is 0.00205. The summed E-state index contributed by atoms with van der Waals surface area (Å²) in [4.78, 5) is 27.0. The molecule has 132 valence electrons. The predicted octanol–water partition coefficient (Wildman–Crippen LogP) is 2.20. The van der Waals surface area contributed by atoms with Gasteiger partial charge in [-0.2, -0.15) is 13.2 Å². The molecule has 1 aromatic rings. The van der Waals surface area contributed by atoms with Crippen LogP contribution in [-0.2, 0) is 15.8 Å². The molecule has 1 heterocycles. The molecule has 24 heavy (non-hydrogen) atoms. The molecule has 0 saturated carbocycles. The molecular formula is C16H20F3N3O2. The van der Waals surface area contributed by atoms with Crippen molar-refractivity contribution >= 4 is 17.5 Å². The Labute approximate surface area is 138 Å². The third-order valence-electron chi connectivity index (χ3n) is 3.91. The summed E-state index contributed by atoms with van der Waals surface area (Å²) in [7, 11) is 0. The third kappa shape index (κ3) is 4.95. The quantitative estimate of drug-likeness (QED) is 0.915. The first kappa shape index (κ1) is 18.3. The van der Waals surface area contributed by atoms with E-state index in [1.165, 1.54) is 25.1 Å². The first-order valence-electron chi connectivity index (χ1n) is 7.71. The number of rotatable bonds is 3. The number of carbonyl (C=O) groups is 2. The highest BCUT2D eigenvalue weighted by atomic mass is 19.4. The monoisotopic (exact) mass is 343 g/mol. The van der Waals surface area contributed by atoms with Crippen LogP contribution < -0.4 is 5.32 Å². The summed E-state index contributed by atoms with van der Waals surface area (Å²) < 4.78 is 38.8. The van der Waals surface area contributed by atoms with Gasteiger partial charge in [-0.05, 0) is 18.6 Å². The zero-order valence-electron chi connectivity index (χ0n) is 13.4. The van der Waals surface area contributed by atoms with Gasteiger partial charge in [0.2, 0.25) is 11.8 Å². The van der Waals surface area contributed by atoms with Crippen LogP contribution in [0.4, 0.5) is 18.9 Å². The van der Waals surface area contributed by atoms with Gasteiger partial charge in [0.05, 0.1) is 17.8 Å². The van der Waals surface area contributed by atoms with Crippen molar-refractivity contribution in [3.05, 3.63) is 29.8 Å². The molecule has 0 bridgehead atoms. The molecule has 2 rings (SSSR count). The summed E-state index contributed by atoms with van der Waals surface area (Å²) in [5.41, 5.74) is -1.10. The number of hydrogen-bond donors (Lipinski definition) is 1. The number of amides is 2.